The molecule has 33 heavy (non-hydrogen) atoms. The van der Waals surface area contributed by atoms with Gasteiger partial charge in [0.15, 0.2) is 11.3 Å². The van der Waals surface area contributed by atoms with Crippen LogP contribution in [0.1, 0.15) is 16.1 Å². The molecule has 11 heteroatoms. The average Bonchev–Trinajstić information content (AvgIpc) is 3.22. The van der Waals surface area contributed by atoms with Crippen molar-refractivity contribution in [3.05, 3.63) is 72.2 Å². The average molecular weight is 456 g/mol. The van der Waals surface area contributed by atoms with Crippen molar-refractivity contribution in [3.8, 4) is 11.3 Å². The number of fused-ring (bicyclic) bond motifs is 1. The number of aromatic nitrogens is 4. The lowest BCUT2D eigenvalue weighted by atomic mass is 10.0. The fourth-order valence-electron chi connectivity index (χ4n) is 3.29. The molecule has 8 nitrogen and oxygen atoms in total. The van der Waals surface area contributed by atoms with Crippen molar-refractivity contribution in [3.63, 3.8) is 0 Å². The number of benzene rings is 1. The van der Waals surface area contributed by atoms with Crippen molar-refractivity contribution < 1.29 is 23.1 Å². The van der Waals surface area contributed by atoms with Crippen LogP contribution in [0.3, 0.4) is 0 Å². The van der Waals surface area contributed by atoms with E-state index < -0.39 is 17.6 Å². The number of rotatable bonds is 6. The van der Waals surface area contributed by atoms with E-state index >= 15 is 0 Å². The number of halogens is 3. The molecule has 0 unspecified atom stereocenters. The summed E-state index contributed by atoms with van der Waals surface area (Å²) in [6.07, 6.45) is -1.74. The van der Waals surface area contributed by atoms with Gasteiger partial charge in [-0.2, -0.15) is 18.3 Å². The lowest BCUT2D eigenvalue weighted by Crippen LogP contribution is -2.22. The van der Waals surface area contributed by atoms with Gasteiger partial charge in [-0.1, -0.05) is 18.2 Å². The standard InChI is InChI=1S/C22H19F3N6O2/c1-30(10-11-32)20-12-14(8-9-26-20)28-21(33)18-13-27-19-7-6-17(29-31(18)19)15-4-2-3-5-16(15)22(23,24)25/h2-9,12-13,32H,10-11H2,1H3,(H,26,28,33). The Bertz CT molecular complexity index is 1300. The Balaban J connectivity index is 1.67. The number of aliphatic hydroxyl groups is 1. The first-order valence-electron chi connectivity index (χ1n) is 9.88. The van der Waals surface area contributed by atoms with Crippen molar-refractivity contribution in [1.29, 1.82) is 0 Å². The van der Waals surface area contributed by atoms with Gasteiger partial charge in [-0.3, -0.25) is 4.79 Å². The third-order valence-electron chi connectivity index (χ3n) is 4.93. The molecule has 4 rings (SSSR count). The number of pyridine rings is 1. The Hall–Kier alpha value is -3.99. The van der Waals surface area contributed by atoms with Crippen LogP contribution in [0.15, 0.2) is 60.9 Å². The minimum absolute atomic E-state index is 0.0535. The molecule has 0 radical (unpaired) electrons. The Labute approximate surface area is 186 Å². The number of likely N-dealkylation sites (N-methyl/N-ethyl adjacent to an activating group) is 1. The van der Waals surface area contributed by atoms with E-state index in [1.54, 1.807) is 24.1 Å². The second-order valence-electron chi connectivity index (χ2n) is 7.18. The number of nitrogens with zero attached hydrogens (tertiary/aromatic N) is 5. The minimum Gasteiger partial charge on any atom is -0.395 e. The summed E-state index contributed by atoms with van der Waals surface area (Å²) < 4.78 is 41.5. The lowest BCUT2D eigenvalue weighted by molar-refractivity contribution is -0.137. The molecule has 3 aromatic heterocycles. The number of carbonyl (C=O) groups is 1. The van der Waals surface area contributed by atoms with Crippen LogP contribution in [0.5, 0.6) is 0 Å². The first-order chi connectivity index (χ1) is 15.8. The molecule has 2 N–H and O–H groups in total. The van der Waals surface area contributed by atoms with E-state index in [2.05, 4.69) is 20.4 Å². The molecule has 0 aliphatic carbocycles. The third-order valence-corrected chi connectivity index (χ3v) is 4.93. The van der Waals surface area contributed by atoms with Gasteiger partial charge in [-0.25, -0.2) is 14.5 Å². The third kappa shape index (κ3) is 4.62. The molecule has 1 aromatic carbocycles. The Kier molecular flexibility index (Phi) is 5.97. The number of amides is 1. The Morgan fingerprint density at radius 2 is 1.94 bits per heavy atom. The number of hydrogen-bond acceptors (Lipinski definition) is 6. The molecular formula is C22H19F3N6O2. The molecule has 1 amide bonds. The van der Waals surface area contributed by atoms with Crippen molar-refractivity contribution in [2.24, 2.45) is 0 Å². The molecule has 4 aromatic rings. The van der Waals surface area contributed by atoms with Crippen LogP contribution in [0, 0.1) is 0 Å². The topological polar surface area (TPSA) is 95.7 Å². The summed E-state index contributed by atoms with van der Waals surface area (Å²) in [5.41, 5.74) is -0.0514. The van der Waals surface area contributed by atoms with Crippen molar-refractivity contribution in [1.82, 2.24) is 19.6 Å². The molecule has 0 atom stereocenters. The van der Waals surface area contributed by atoms with Crippen LogP contribution in [0.2, 0.25) is 0 Å². The summed E-state index contributed by atoms with van der Waals surface area (Å²) in [7, 11) is 1.75. The van der Waals surface area contributed by atoms with Gasteiger partial charge in [-0.15, -0.1) is 0 Å². The van der Waals surface area contributed by atoms with Crippen LogP contribution in [0.4, 0.5) is 24.7 Å². The SMILES string of the molecule is CN(CCO)c1cc(NC(=O)c2cnc3ccc(-c4ccccc4C(F)(F)F)nn23)ccn1. The molecule has 0 bridgehead atoms. The highest BCUT2D eigenvalue weighted by Crippen LogP contribution is 2.36. The van der Waals surface area contributed by atoms with E-state index in [-0.39, 0.29) is 23.6 Å². The van der Waals surface area contributed by atoms with Crippen molar-refractivity contribution in [2.75, 3.05) is 30.4 Å². The van der Waals surface area contributed by atoms with Gasteiger partial charge < -0.3 is 15.3 Å². The zero-order chi connectivity index (χ0) is 23.6. The molecule has 3 heterocycles. The summed E-state index contributed by atoms with van der Waals surface area (Å²) >= 11 is 0. The maximum absolute atomic E-state index is 13.4. The number of nitrogens with one attached hydrogen (secondary N) is 1. The van der Waals surface area contributed by atoms with Gasteiger partial charge in [0, 0.05) is 37.1 Å². The second-order valence-corrected chi connectivity index (χ2v) is 7.18. The van der Waals surface area contributed by atoms with Gasteiger partial charge in [0.2, 0.25) is 0 Å². The lowest BCUT2D eigenvalue weighted by Gasteiger charge is -2.17. The largest absolute Gasteiger partial charge is 0.417 e. The highest BCUT2D eigenvalue weighted by atomic mass is 19.4. The normalized spacial score (nSPS) is 11.5. The van der Waals surface area contributed by atoms with Gasteiger partial charge in [0.25, 0.3) is 5.91 Å². The highest BCUT2D eigenvalue weighted by molar-refractivity contribution is 6.03. The van der Waals surface area contributed by atoms with E-state index in [0.29, 0.717) is 23.7 Å². The van der Waals surface area contributed by atoms with Gasteiger partial charge in [0.1, 0.15) is 5.82 Å². The second kappa shape index (κ2) is 8.87. The minimum atomic E-state index is -4.55. The van der Waals surface area contributed by atoms with Gasteiger partial charge >= 0.3 is 6.18 Å². The number of carbonyl (C=O) groups excluding carboxylic acids is 1. The summed E-state index contributed by atoms with van der Waals surface area (Å²) in [6.45, 7) is 0.311. The summed E-state index contributed by atoms with van der Waals surface area (Å²) in [5.74, 6) is 0.00220. The quantitative estimate of drug-likeness (QED) is 0.461. The Morgan fingerprint density at radius 3 is 2.70 bits per heavy atom. The summed E-state index contributed by atoms with van der Waals surface area (Å²) in [4.78, 5) is 22.9. The predicted octanol–water partition coefficient (Wildman–Crippen LogP) is 3.49. The first kappa shape index (κ1) is 22.2. The van der Waals surface area contributed by atoms with E-state index in [1.807, 2.05) is 0 Å². The Morgan fingerprint density at radius 1 is 1.15 bits per heavy atom. The molecule has 0 aliphatic heterocycles. The van der Waals surface area contributed by atoms with Crippen LogP contribution >= 0.6 is 0 Å². The smallest absolute Gasteiger partial charge is 0.395 e. The zero-order valence-electron chi connectivity index (χ0n) is 17.4. The molecule has 0 saturated carbocycles. The fourth-order valence-corrected chi connectivity index (χ4v) is 3.29. The monoisotopic (exact) mass is 456 g/mol. The number of anilines is 2. The van der Waals surface area contributed by atoms with E-state index in [9.17, 15) is 18.0 Å². The van der Waals surface area contributed by atoms with Crippen LogP contribution < -0.4 is 10.2 Å². The van der Waals surface area contributed by atoms with Crippen molar-refractivity contribution >= 4 is 23.1 Å². The number of alkyl halides is 3. The maximum atomic E-state index is 13.4. The van der Waals surface area contributed by atoms with Gasteiger partial charge in [-0.05, 0) is 24.3 Å². The van der Waals surface area contributed by atoms with Crippen LogP contribution in [-0.4, -0.2) is 50.8 Å². The van der Waals surface area contributed by atoms with E-state index in [4.69, 9.17) is 5.11 Å². The number of hydrogen-bond donors (Lipinski definition) is 2. The highest BCUT2D eigenvalue weighted by Gasteiger charge is 2.33. The fraction of sp³-hybridized carbons (Fsp3) is 0.182. The molecule has 0 saturated heterocycles. The molecule has 0 aliphatic rings. The van der Waals surface area contributed by atoms with Gasteiger partial charge in [0.05, 0.1) is 24.1 Å². The summed E-state index contributed by atoms with van der Waals surface area (Å²) in [6, 6.07) is 11.3. The molecule has 0 fully saturated rings. The van der Waals surface area contributed by atoms with Crippen LogP contribution in [0.25, 0.3) is 16.9 Å². The molecular weight excluding hydrogens is 437 g/mol. The van der Waals surface area contributed by atoms with Crippen LogP contribution in [-0.2, 0) is 6.18 Å². The zero-order valence-corrected chi connectivity index (χ0v) is 17.4. The van der Waals surface area contributed by atoms with E-state index in [1.165, 1.54) is 47.2 Å². The molecule has 0 spiro atoms. The number of imidazole rings is 1. The first-order valence-corrected chi connectivity index (χ1v) is 9.88. The maximum Gasteiger partial charge on any atom is 0.417 e. The summed E-state index contributed by atoms with van der Waals surface area (Å²) in [5, 5.41) is 16.1. The molecule has 170 valence electrons. The van der Waals surface area contributed by atoms with Crippen molar-refractivity contribution in [2.45, 2.75) is 6.18 Å². The predicted molar refractivity (Wildman–Crippen MR) is 116 cm³/mol. The number of aliphatic hydroxyl groups excluding tert-OH is 1. The van der Waals surface area contributed by atoms with E-state index in [0.717, 1.165) is 6.07 Å².